The molecule has 1 aliphatic heterocycles. The van der Waals surface area contributed by atoms with Crippen LogP contribution in [0.5, 0.6) is 0 Å². The molecule has 2 atom stereocenters. The van der Waals surface area contributed by atoms with Crippen LogP contribution in [-0.4, -0.2) is 29.2 Å². The van der Waals surface area contributed by atoms with E-state index in [1.807, 2.05) is 6.07 Å². The topological polar surface area (TPSA) is 55.3 Å². The Kier molecular flexibility index (Phi) is 3.96. The molecule has 1 saturated heterocycles. The van der Waals surface area contributed by atoms with Gasteiger partial charge in [0.2, 0.25) is 0 Å². The molecule has 1 aliphatic rings. The average molecular weight is 223 g/mol. The van der Waals surface area contributed by atoms with E-state index in [1.165, 1.54) is 19.3 Å². The molecular formula is C12H21N3O. The van der Waals surface area contributed by atoms with Gasteiger partial charge < -0.3 is 10.3 Å². The quantitative estimate of drug-likeness (QED) is 0.842. The second-order valence-electron chi connectivity index (χ2n) is 4.64. The number of piperidine rings is 1. The van der Waals surface area contributed by atoms with E-state index in [9.17, 15) is 0 Å². The third-order valence-electron chi connectivity index (χ3n) is 3.65. The average Bonchev–Trinajstić information content (AvgIpc) is 2.82. The van der Waals surface area contributed by atoms with Crippen LogP contribution in [0.25, 0.3) is 0 Å². The van der Waals surface area contributed by atoms with Crippen molar-refractivity contribution in [1.29, 1.82) is 0 Å². The Hall–Kier alpha value is -0.870. The van der Waals surface area contributed by atoms with Gasteiger partial charge in [-0.1, -0.05) is 18.5 Å². The molecule has 0 bridgehead atoms. The zero-order chi connectivity index (χ0) is 11.4. The number of hydrogen-bond acceptors (Lipinski definition) is 4. The summed E-state index contributed by atoms with van der Waals surface area (Å²) in [6.07, 6.45) is 5.47. The number of aromatic nitrogens is 1. The Bertz CT molecular complexity index is 299. The van der Waals surface area contributed by atoms with Gasteiger partial charge in [-0.2, -0.15) is 0 Å². The van der Waals surface area contributed by atoms with Crippen LogP contribution in [-0.2, 0) is 6.54 Å². The van der Waals surface area contributed by atoms with Crippen molar-refractivity contribution < 1.29 is 4.52 Å². The third kappa shape index (κ3) is 2.62. The summed E-state index contributed by atoms with van der Waals surface area (Å²) in [7, 11) is 0. The number of nitrogens with two attached hydrogens (primary N) is 1. The van der Waals surface area contributed by atoms with Crippen LogP contribution in [0.3, 0.4) is 0 Å². The smallest absolute Gasteiger partial charge is 0.150 e. The molecular weight excluding hydrogens is 202 g/mol. The molecule has 1 aromatic rings. The van der Waals surface area contributed by atoms with Gasteiger partial charge >= 0.3 is 0 Å². The summed E-state index contributed by atoms with van der Waals surface area (Å²) in [5.74, 6) is 1.79. The first kappa shape index (κ1) is 11.6. The largest absolute Gasteiger partial charge is 0.360 e. The summed E-state index contributed by atoms with van der Waals surface area (Å²) in [5, 5.41) is 3.74. The van der Waals surface area contributed by atoms with Gasteiger partial charge in [-0.05, 0) is 25.3 Å². The molecule has 2 rings (SSSR count). The highest BCUT2D eigenvalue weighted by atomic mass is 16.5. The van der Waals surface area contributed by atoms with Gasteiger partial charge in [0.15, 0.2) is 5.76 Å². The monoisotopic (exact) mass is 223 g/mol. The summed E-state index contributed by atoms with van der Waals surface area (Å²) in [6, 6.07) is 2.43. The normalized spacial score (nSPS) is 27.1. The molecule has 16 heavy (non-hydrogen) atoms. The molecule has 2 N–H and O–H groups in total. The molecule has 2 unspecified atom stereocenters. The number of hydrogen-bond donors (Lipinski definition) is 1. The zero-order valence-corrected chi connectivity index (χ0v) is 9.93. The van der Waals surface area contributed by atoms with Gasteiger partial charge in [0.1, 0.15) is 0 Å². The first-order valence-electron chi connectivity index (χ1n) is 6.17. The minimum absolute atomic E-state index is 0.504. The third-order valence-corrected chi connectivity index (χ3v) is 3.65. The van der Waals surface area contributed by atoms with Gasteiger partial charge in [0, 0.05) is 18.7 Å². The molecule has 2 heterocycles. The molecule has 90 valence electrons. The van der Waals surface area contributed by atoms with Crippen molar-refractivity contribution in [2.75, 3.05) is 13.1 Å². The lowest BCUT2D eigenvalue weighted by atomic mass is 9.89. The van der Waals surface area contributed by atoms with Gasteiger partial charge in [-0.15, -0.1) is 0 Å². The van der Waals surface area contributed by atoms with E-state index in [0.717, 1.165) is 31.3 Å². The first-order valence-corrected chi connectivity index (χ1v) is 6.17. The van der Waals surface area contributed by atoms with Crippen LogP contribution >= 0.6 is 0 Å². The maximum atomic E-state index is 5.85. The predicted molar refractivity (Wildman–Crippen MR) is 62.8 cm³/mol. The zero-order valence-electron chi connectivity index (χ0n) is 9.93. The van der Waals surface area contributed by atoms with E-state index in [2.05, 4.69) is 17.0 Å². The summed E-state index contributed by atoms with van der Waals surface area (Å²) in [5.41, 5.74) is 5.85. The highest BCUT2D eigenvalue weighted by Crippen LogP contribution is 2.26. The molecule has 4 heteroatoms. The summed E-state index contributed by atoms with van der Waals surface area (Å²) >= 11 is 0. The van der Waals surface area contributed by atoms with Crippen molar-refractivity contribution in [3.05, 3.63) is 18.0 Å². The Labute approximate surface area is 96.8 Å². The lowest BCUT2D eigenvalue weighted by Gasteiger charge is -2.38. The van der Waals surface area contributed by atoms with Crippen LogP contribution in [0, 0.1) is 5.92 Å². The Morgan fingerprint density at radius 2 is 2.50 bits per heavy atom. The van der Waals surface area contributed by atoms with E-state index < -0.39 is 0 Å². The van der Waals surface area contributed by atoms with Gasteiger partial charge in [0.25, 0.3) is 0 Å². The minimum Gasteiger partial charge on any atom is -0.360 e. The van der Waals surface area contributed by atoms with Crippen LogP contribution in [0.1, 0.15) is 31.9 Å². The molecule has 1 fully saturated rings. The van der Waals surface area contributed by atoms with Crippen molar-refractivity contribution in [1.82, 2.24) is 10.1 Å². The second kappa shape index (κ2) is 5.46. The van der Waals surface area contributed by atoms with Crippen molar-refractivity contribution >= 4 is 0 Å². The van der Waals surface area contributed by atoms with Crippen LogP contribution < -0.4 is 5.73 Å². The minimum atomic E-state index is 0.504. The molecule has 0 spiro atoms. The lowest BCUT2D eigenvalue weighted by Crippen LogP contribution is -2.45. The summed E-state index contributed by atoms with van der Waals surface area (Å²) in [4.78, 5) is 2.42. The fourth-order valence-corrected chi connectivity index (χ4v) is 2.53. The van der Waals surface area contributed by atoms with E-state index in [-0.39, 0.29) is 0 Å². The first-order chi connectivity index (χ1) is 7.83. The maximum Gasteiger partial charge on any atom is 0.150 e. The summed E-state index contributed by atoms with van der Waals surface area (Å²) in [6.45, 7) is 4.98. The predicted octanol–water partition coefficient (Wildman–Crippen LogP) is 1.62. The van der Waals surface area contributed by atoms with E-state index >= 15 is 0 Å². The Balaban J connectivity index is 1.93. The molecule has 0 saturated carbocycles. The lowest BCUT2D eigenvalue weighted by molar-refractivity contribution is 0.0973. The Morgan fingerprint density at radius 3 is 3.12 bits per heavy atom. The summed E-state index contributed by atoms with van der Waals surface area (Å²) < 4.78 is 5.15. The fraction of sp³-hybridized carbons (Fsp3) is 0.750. The van der Waals surface area contributed by atoms with E-state index in [1.54, 1.807) is 6.20 Å². The van der Waals surface area contributed by atoms with Crippen LogP contribution in [0.15, 0.2) is 16.8 Å². The molecule has 4 nitrogen and oxygen atoms in total. The number of nitrogens with zero attached hydrogens (tertiary/aromatic N) is 2. The van der Waals surface area contributed by atoms with E-state index in [4.69, 9.17) is 10.3 Å². The molecule has 0 aliphatic carbocycles. The van der Waals surface area contributed by atoms with Crippen LogP contribution in [0.4, 0.5) is 0 Å². The maximum absolute atomic E-state index is 5.85. The van der Waals surface area contributed by atoms with Crippen LogP contribution in [0.2, 0.25) is 0 Å². The van der Waals surface area contributed by atoms with Crippen molar-refractivity contribution in [2.45, 2.75) is 38.8 Å². The standard InChI is InChI=1S/C12H21N3O/c1-2-10-4-6-15(11(7-10)8-13)9-12-3-5-14-16-12/h3,5,10-11H,2,4,6-9,13H2,1H3. The molecule has 0 radical (unpaired) electrons. The highest BCUT2D eigenvalue weighted by Gasteiger charge is 2.27. The number of rotatable bonds is 4. The van der Waals surface area contributed by atoms with Gasteiger partial charge in [-0.25, -0.2) is 0 Å². The van der Waals surface area contributed by atoms with Crippen molar-refractivity contribution in [2.24, 2.45) is 11.7 Å². The second-order valence-corrected chi connectivity index (χ2v) is 4.64. The Morgan fingerprint density at radius 1 is 1.62 bits per heavy atom. The fourth-order valence-electron chi connectivity index (χ4n) is 2.53. The highest BCUT2D eigenvalue weighted by molar-refractivity contribution is 4.95. The van der Waals surface area contributed by atoms with Gasteiger partial charge in [0.05, 0.1) is 12.7 Å². The van der Waals surface area contributed by atoms with Gasteiger partial charge in [-0.3, -0.25) is 4.90 Å². The van der Waals surface area contributed by atoms with E-state index in [0.29, 0.717) is 6.04 Å². The SMILES string of the molecule is CCC1CCN(Cc2ccno2)C(CN)C1. The molecule has 1 aromatic heterocycles. The number of likely N-dealkylation sites (tertiary alicyclic amines) is 1. The molecule has 0 amide bonds. The molecule has 0 aromatic carbocycles. The van der Waals surface area contributed by atoms with Crippen molar-refractivity contribution in [3.63, 3.8) is 0 Å². The van der Waals surface area contributed by atoms with Crippen molar-refractivity contribution in [3.8, 4) is 0 Å².